The van der Waals surface area contributed by atoms with Crippen LogP contribution in [0.5, 0.6) is 0 Å². The van der Waals surface area contributed by atoms with Crippen LogP contribution in [0.3, 0.4) is 0 Å². The van der Waals surface area contributed by atoms with E-state index in [0.29, 0.717) is 5.69 Å². The highest BCUT2D eigenvalue weighted by Gasteiger charge is 2.33. The van der Waals surface area contributed by atoms with Crippen molar-refractivity contribution >= 4 is 17.0 Å². The topological polar surface area (TPSA) is 35.8 Å². The van der Waals surface area contributed by atoms with Gasteiger partial charge in [-0.15, -0.1) is 11.3 Å². The minimum Gasteiger partial charge on any atom is -0.382 e. The number of nitrogens with zero attached hydrogens (tertiary/aromatic N) is 1. The Morgan fingerprint density at radius 3 is 2.67 bits per heavy atom. The fraction of sp³-hybridized carbons (Fsp3) is 0.267. The van der Waals surface area contributed by atoms with Crippen molar-refractivity contribution in [3.63, 3.8) is 0 Å². The predicted octanol–water partition coefficient (Wildman–Crippen LogP) is 4.68. The standard InChI is InChI=1S/C15H13F3N2S/c1-10(7-13-3-2-6-21-13)20-12-4-5-14(15(16,17)18)11(8-12)9-19/h2-6,8,10,20H,7H2,1H3. The molecule has 1 aromatic carbocycles. The smallest absolute Gasteiger partial charge is 0.382 e. The fourth-order valence-corrected chi connectivity index (χ4v) is 2.88. The van der Waals surface area contributed by atoms with Crippen molar-refractivity contribution in [2.75, 3.05) is 5.32 Å². The molecule has 1 N–H and O–H groups in total. The van der Waals surface area contributed by atoms with Crippen LogP contribution in [-0.4, -0.2) is 6.04 Å². The summed E-state index contributed by atoms with van der Waals surface area (Å²) in [6.07, 6.45) is -3.73. The van der Waals surface area contributed by atoms with Crippen molar-refractivity contribution in [3.8, 4) is 6.07 Å². The molecular formula is C15H13F3N2S. The molecule has 0 saturated heterocycles. The molecule has 0 bridgehead atoms. The summed E-state index contributed by atoms with van der Waals surface area (Å²) in [5.74, 6) is 0. The molecule has 1 unspecified atom stereocenters. The van der Waals surface area contributed by atoms with Crippen molar-refractivity contribution in [2.24, 2.45) is 0 Å². The van der Waals surface area contributed by atoms with E-state index in [4.69, 9.17) is 5.26 Å². The number of hydrogen-bond donors (Lipinski definition) is 1. The Morgan fingerprint density at radius 2 is 2.10 bits per heavy atom. The average Bonchev–Trinajstić information content (AvgIpc) is 2.89. The third-order valence-electron chi connectivity index (χ3n) is 2.95. The number of benzene rings is 1. The van der Waals surface area contributed by atoms with Crippen LogP contribution in [0, 0.1) is 11.3 Å². The molecule has 0 saturated carbocycles. The van der Waals surface area contributed by atoms with Gasteiger partial charge in [-0.2, -0.15) is 18.4 Å². The summed E-state index contributed by atoms with van der Waals surface area (Å²) in [6, 6.07) is 9.18. The number of nitrogens with one attached hydrogen (secondary N) is 1. The Labute approximate surface area is 124 Å². The molecule has 2 nitrogen and oxygen atoms in total. The zero-order valence-electron chi connectivity index (χ0n) is 11.2. The second kappa shape index (κ2) is 6.19. The van der Waals surface area contributed by atoms with Gasteiger partial charge in [0.2, 0.25) is 0 Å². The molecule has 0 radical (unpaired) electrons. The zero-order valence-corrected chi connectivity index (χ0v) is 12.1. The molecule has 0 spiro atoms. The highest BCUT2D eigenvalue weighted by molar-refractivity contribution is 7.09. The minimum atomic E-state index is -4.51. The van der Waals surface area contributed by atoms with E-state index in [1.807, 2.05) is 24.4 Å². The summed E-state index contributed by atoms with van der Waals surface area (Å²) >= 11 is 1.63. The monoisotopic (exact) mass is 310 g/mol. The molecule has 0 aliphatic heterocycles. The third kappa shape index (κ3) is 3.99. The lowest BCUT2D eigenvalue weighted by Crippen LogP contribution is -2.18. The van der Waals surface area contributed by atoms with Gasteiger partial charge in [0.15, 0.2) is 0 Å². The molecule has 0 amide bonds. The third-order valence-corrected chi connectivity index (χ3v) is 3.84. The molecule has 21 heavy (non-hydrogen) atoms. The number of anilines is 1. The molecule has 2 aromatic rings. The summed E-state index contributed by atoms with van der Waals surface area (Å²) in [5, 5.41) is 14.0. The number of rotatable bonds is 4. The second-order valence-electron chi connectivity index (χ2n) is 4.70. The van der Waals surface area contributed by atoms with Crippen molar-refractivity contribution in [2.45, 2.75) is 25.6 Å². The Morgan fingerprint density at radius 1 is 1.33 bits per heavy atom. The van der Waals surface area contributed by atoms with Gasteiger partial charge in [-0.1, -0.05) is 6.07 Å². The highest BCUT2D eigenvalue weighted by atomic mass is 32.1. The lowest BCUT2D eigenvalue weighted by atomic mass is 10.1. The first-order valence-corrected chi connectivity index (χ1v) is 7.18. The van der Waals surface area contributed by atoms with Gasteiger partial charge >= 0.3 is 6.18 Å². The molecule has 1 heterocycles. The Hall–Kier alpha value is -2.00. The van der Waals surface area contributed by atoms with E-state index >= 15 is 0 Å². The maximum absolute atomic E-state index is 12.7. The lowest BCUT2D eigenvalue weighted by molar-refractivity contribution is -0.137. The van der Waals surface area contributed by atoms with Crippen LogP contribution in [0.4, 0.5) is 18.9 Å². The highest BCUT2D eigenvalue weighted by Crippen LogP contribution is 2.33. The first-order chi connectivity index (χ1) is 9.90. The molecule has 1 aromatic heterocycles. The maximum atomic E-state index is 12.7. The first kappa shape index (κ1) is 15.4. The van der Waals surface area contributed by atoms with E-state index in [2.05, 4.69) is 5.32 Å². The first-order valence-electron chi connectivity index (χ1n) is 6.30. The van der Waals surface area contributed by atoms with Crippen molar-refractivity contribution < 1.29 is 13.2 Å². The number of halogens is 3. The van der Waals surface area contributed by atoms with Crippen LogP contribution in [0.25, 0.3) is 0 Å². The minimum absolute atomic E-state index is 0.0620. The van der Waals surface area contributed by atoms with E-state index in [1.54, 1.807) is 17.4 Å². The molecular weight excluding hydrogens is 297 g/mol. The van der Waals surface area contributed by atoms with Crippen molar-refractivity contribution in [3.05, 3.63) is 51.7 Å². The van der Waals surface area contributed by atoms with E-state index in [1.165, 1.54) is 17.0 Å². The van der Waals surface area contributed by atoms with Gasteiger partial charge < -0.3 is 5.32 Å². The molecule has 1 atom stereocenters. The van der Waals surface area contributed by atoms with Gasteiger partial charge in [0.25, 0.3) is 0 Å². The Kier molecular flexibility index (Phi) is 4.53. The average molecular weight is 310 g/mol. The van der Waals surface area contributed by atoms with Gasteiger partial charge in [-0.05, 0) is 36.6 Å². The summed E-state index contributed by atoms with van der Waals surface area (Å²) in [6.45, 7) is 1.95. The molecule has 6 heteroatoms. The molecule has 0 aliphatic carbocycles. The number of nitriles is 1. The van der Waals surface area contributed by atoms with Crippen LogP contribution in [0.15, 0.2) is 35.7 Å². The van der Waals surface area contributed by atoms with Gasteiger partial charge in [-0.25, -0.2) is 0 Å². The van der Waals surface area contributed by atoms with E-state index in [-0.39, 0.29) is 11.6 Å². The van der Waals surface area contributed by atoms with Crippen molar-refractivity contribution in [1.82, 2.24) is 0 Å². The van der Waals surface area contributed by atoms with E-state index in [9.17, 15) is 13.2 Å². The maximum Gasteiger partial charge on any atom is 0.417 e. The van der Waals surface area contributed by atoms with Crippen LogP contribution in [0.2, 0.25) is 0 Å². The molecule has 110 valence electrons. The normalized spacial score (nSPS) is 12.7. The summed E-state index contributed by atoms with van der Waals surface area (Å²) in [7, 11) is 0. The summed E-state index contributed by atoms with van der Waals surface area (Å²) < 4.78 is 38.1. The molecule has 2 rings (SSSR count). The van der Waals surface area contributed by atoms with Crippen LogP contribution >= 0.6 is 11.3 Å². The number of thiophene rings is 1. The van der Waals surface area contributed by atoms with E-state index in [0.717, 1.165) is 12.5 Å². The Bertz CT molecular complexity index is 642. The predicted molar refractivity (Wildman–Crippen MR) is 77.3 cm³/mol. The quantitative estimate of drug-likeness (QED) is 0.890. The molecule has 0 fully saturated rings. The van der Waals surface area contributed by atoms with Gasteiger partial charge in [0.05, 0.1) is 17.2 Å². The number of hydrogen-bond acceptors (Lipinski definition) is 3. The SMILES string of the molecule is CC(Cc1cccs1)Nc1ccc(C(F)(F)F)c(C#N)c1. The van der Waals surface area contributed by atoms with Crippen LogP contribution in [-0.2, 0) is 12.6 Å². The summed E-state index contributed by atoms with van der Waals surface area (Å²) in [4.78, 5) is 1.20. The van der Waals surface area contributed by atoms with Gasteiger partial charge in [0.1, 0.15) is 0 Å². The zero-order chi connectivity index (χ0) is 15.5. The largest absolute Gasteiger partial charge is 0.417 e. The van der Waals surface area contributed by atoms with Gasteiger partial charge in [-0.3, -0.25) is 0 Å². The van der Waals surface area contributed by atoms with Gasteiger partial charge in [0, 0.05) is 23.0 Å². The second-order valence-corrected chi connectivity index (χ2v) is 5.73. The lowest BCUT2D eigenvalue weighted by Gasteiger charge is -2.16. The summed E-state index contributed by atoms with van der Waals surface area (Å²) in [5.41, 5.74) is -0.749. The van der Waals surface area contributed by atoms with E-state index < -0.39 is 11.7 Å². The fourth-order valence-electron chi connectivity index (χ4n) is 2.04. The number of alkyl halides is 3. The Balaban J connectivity index is 2.13. The van der Waals surface area contributed by atoms with Crippen LogP contribution < -0.4 is 5.32 Å². The molecule has 0 aliphatic rings. The van der Waals surface area contributed by atoms with Crippen LogP contribution in [0.1, 0.15) is 22.9 Å². The van der Waals surface area contributed by atoms with Crippen molar-refractivity contribution in [1.29, 1.82) is 5.26 Å².